The van der Waals surface area contributed by atoms with E-state index in [1.165, 1.54) is 0 Å². The van der Waals surface area contributed by atoms with Crippen molar-refractivity contribution in [3.8, 4) is 0 Å². The summed E-state index contributed by atoms with van der Waals surface area (Å²) < 4.78 is 25.2. The first-order chi connectivity index (χ1) is 9.47. The van der Waals surface area contributed by atoms with Crippen LogP contribution >= 0.6 is 15.9 Å². The zero-order valence-electron chi connectivity index (χ0n) is 10.9. The Morgan fingerprint density at radius 1 is 1.20 bits per heavy atom. The number of fused-ring (bicyclic) bond motifs is 1. The molecule has 2 aromatic carbocycles. The zero-order chi connectivity index (χ0) is 14.3. The van der Waals surface area contributed by atoms with Crippen LogP contribution in [0.4, 0.5) is 5.69 Å². The van der Waals surface area contributed by atoms with Crippen LogP contribution in [-0.2, 0) is 9.84 Å². The lowest BCUT2D eigenvalue weighted by molar-refractivity contribution is 0.598. The molecule has 0 saturated heterocycles. The number of anilines is 1. The monoisotopic (exact) mass is 351 g/mol. The van der Waals surface area contributed by atoms with Crippen molar-refractivity contribution in [2.24, 2.45) is 0 Å². The number of hydrogen-bond acceptors (Lipinski definition) is 3. The van der Waals surface area contributed by atoms with E-state index in [4.69, 9.17) is 0 Å². The molecule has 1 atom stereocenters. The van der Waals surface area contributed by atoms with Crippen molar-refractivity contribution in [2.75, 3.05) is 11.1 Å². The highest BCUT2D eigenvalue weighted by Crippen LogP contribution is 2.36. The summed E-state index contributed by atoms with van der Waals surface area (Å²) in [6.07, 6.45) is 0. The van der Waals surface area contributed by atoms with Crippen molar-refractivity contribution in [3.05, 3.63) is 58.1 Å². The summed E-state index contributed by atoms with van der Waals surface area (Å²) in [4.78, 5) is 0.446. The molecule has 1 unspecified atom stereocenters. The van der Waals surface area contributed by atoms with Crippen molar-refractivity contribution in [1.82, 2.24) is 0 Å². The fourth-order valence-electron chi connectivity index (χ4n) is 2.51. The molecule has 0 spiro atoms. The minimum atomic E-state index is -3.18. The molecule has 0 radical (unpaired) electrons. The largest absolute Gasteiger partial charge is 0.376 e. The van der Waals surface area contributed by atoms with Crippen molar-refractivity contribution >= 4 is 31.5 Å². The molecule has 0 aliphatic carbocycles. The van der Waals surface area contributed by atoms with Gasteiger partial charge in [-0.1, -0.05) is 24.3 Å². The highest BCUT2D eigenvalue weighted by Gasteiger charge is 2.34. The quantitative estimate of drug-likeness (QED) is 0.897. The first-order valence-corrected chi connectivity index (χ1v) is 8.76. The van der Waals surface area contributed by atoms with Gasteiger partial charge >= 0.3 is 0 Å². The fraction of sp³-hybridized carbons (Fsp3) is 0.200. The SMILES string of the molecule is Cc1ccc(Br)c(NC2CS(=O)(=O)c3ccccc32)c1. The second-order valence-corrected chi connectivity index (χ2v) is 7.86. The molecule has 3 rings (SSSR count). The number of hydrogen-bond donors (Lipinski definition) is 1. The predicted octanol–water partition coefficient (Wildman–Crippen LogP) is 3.70. The first kappa shape index (κ1) is 13.6. The van der Waals surface area contributed by atoms with Gasteiger partial charge in [0, 0.05) is 10.2 Å². The highest BCUT2D eigenvalue weighted by atomic mass is 79.9. The number of benzene rings is 2. The minimum absolute atomic E-state index is 0.104. The van der Waals surface area contributed by atoms with Gasteiger partial charge in [0.05, 0.1) is 16.7 Å². The third kappa shape index (κ3) is 2.36. The van der Waals surface area contributed by atoms with Crippen LogP contribution in [0.25, 0.3) is 0 Å². The Hall–Kier alpha value is -1.33. The minimum Gasteiger partial charge on any atom is -0.376 e. The predicted molar refractivity (Wildman–Crippen MR) is 83.7 cm³/mol. The summed E-state index contributed by atoms with van der Waals surface area (Å²) in [5.41, 5.74) is 2.90. The van der Waals surface area contributed by atoms with Gasteiger partial charge in [-0.25, -0.2) is 8.42 Å². The molecule has 3 nitrogen and oxygen atoms in total. The van der Waals surface area contributed by atoms with Crippen LogP contribution in [0.2, 0.25) is 0 Å². The van der Waals surface area contributed by atoms with E-state index in [1.807, 2.05) is 37.3 Å². The standard InChI is InChI=1S/C15H14BrNO2S/c1-10-6-7-12(16)13(8-10)17-14-9-20(18,19)15-5-3-2-4-11(14)15/h2-8,14,17H,9H2,1H3. The van der Waals surface area contributed by atoms with Gasteiger partial charge in [0.25, 0.3) is 0 Å². The van der Waals surface area contributed by atoms with Crippen molar-refractivity contribution in [3.63, 3.8) is 0 Å². The third-order valence-electron chi connectivity index (χ3n) is 3.47. The second-order valence-electron chi connectivity index (χ2n) is 5.00. The molecule has 1 aliphatic rings. The number of halogens is 1. The number of nitrogens with one attached hydrogen (secondary N) is 1. The molecule has 1 N–H and O–H groups in total. The third-order valence-corrected chi connectivity index (χ3v) is 5.97. The fourth-order valence-corrected chi connectivity index (χ4v) is 4.61. The van der Waals surface area contributed by atoms with Gasteiger partial charge in [0.2, 0.25) is 0 Å². The Morgan fingerprint density at radius 2 is 1.95 bits per heavy atom. The second kappa shape index (κ2) is 4.90. The molecule has 1 aliphatic heterocycles. The topological polar surface area (TPSA) is 46.2 Å². The summed E-state index contributed by atoms with van der Waals surface area (Å²) >= 11 is 3.49. The number of sulfone groups is 1. The van der Waals surface area contributed by atoms with Crippen LogP contribution in [-0.4, -0.2) is 14.2 Å². The summed E-state index contributed by atoms with van der Waals surface area (Å²) in [5, 5.41) is 3.34. The highest BCUT2D eigenvalue weighted by molar-refractivity contribution is 9.10. The first-order valence-electron chi connectivity index (χ1n) is 6.32. The Balaban J connectivity index is 2.00. The van der Waals surface area contributed by atoms with Gasteiger partial charge in [0.1, 0.15) is 0 Å². The van der Waals surface area contributed by atoms with E-state index >= 15 is 0 Å². The summed E-state index contributed by atoms with van der Waals surface area (Å²) in [5.74, 6) is 0.104. The molecule has 0 amide bonds. The Bertz CT molecular complexity index is 771. The van der Waals surface area contributed by atoms with Crippen molar-refractivity contribution in [1.29, 1.82) is 0 Å². The van der Waals surface area contributed by atoms with E-state index in [2.05, 4.69) is 21.2 Å². The van der Waals surface area contributed by atoms with Crippen LogP contribution in [0.5, 0.6) is 0 Å². The van der Waals surface area contributed by atoms with Crippen LogP contribution in [0.1, 0.15) is 17.2 Å². The van der Waals surface area contributed by atoms with E-state index in [9.17, 15) is 8.42 Å². The molecule has 1 heterocycles. The van der Waals surface area contributed by atoms with E-state index in [0.29, 0.717) is 4.90 Å². The maximum Gasteiger partial charge on any atom is 0.181 e. The average molecular weight is 352 g/mol. The number of rotatable bonds is 2. The number of aryl methyl sites for hydroxylation is 1. The molecular weight excluding hydrogens is 338 g/mol. The van der Waals surface area contributed by atoms with Crippen LogP contribution < -0.4 is 5.32 Å². The molecule has 0 saturated carbocycles. The van der Waals surface area contributed by atoms with Crippen LogP contribution in [0, 0.1) is 6.92 Å². The van der Waals surface area contributed by atoms with Crippen LogP contribution in [0.15, 0.2) is 51.8 Å². The molecule has 5 heteroatoms. The lowest BCUT2D eigenvalue weighted by Gasteiger charge is -2.16. The summed E-state index contributed by atoms with van der Waals surface area (Å²) in [6, 6.07) is 13.0. The van der Waals surface area contributed by atoms with E-state index in [1.54, 1.807) is 12.1 Å². The van der Waals surface area contributed by atoms with Gasteiger partial charge in [-0.2, -0.15) is 0 Å². The van der Waals surface area contributed by atoms with Gasteiger partial charge in [-0.15, -0.1) is 0 Å². The lowest BCUT2D eigenvalue weighted by atomic mass is 10.1. The van der Waals surface area contributed by atoms with Gasteiger partial charge in [-0.3, -0.25) is 0 Å². The summed E-state index contributed by atoms with van der Waals surface area (Å²) in [6.45, 7) is 2.01. The van der Waals surface area contributed by atoms with E-state index in [-0.39, 0.29) is 11.8 Å². The summed E-state index contributed by atoms with van der Waals surface area (Å²) in [7, 11) is -3.18. The van der Waals surface area contributed by atoms with Gasteiger partial charge < -0.3 is 5.32 Å². The van der Waals surface area contributed by atoms with Gasteiger partial charge in [-0.05, 0) is 52.2 Å². The van der Waals surface area contributed by atoms with E-state index in [0.717, 1.165) is 21.3 Å². The molecule has 104 valence electrons. The zero-order valence-corrected chi connectivity index (χ0v) is 13.3. The average Bonchev–Trinajstić information content (AvgIpc) is 2.66. The Morgan fingerprint density at radius 3 is 2.75 bits per heavy atom. The van der Waals surface area contributed by atoms with Crippen molar-refractivity contribution in [2.45, 2.75) is 17.9 Å². The maximum absolute atomic E-state index is 12.2. The molecule has 0 bridgehead atoms. The Kier molecular flexibility index (Phi) is 3.34. The lowest BCUT2D eigenvalue weighted by Crippen LogP contribution is -2.13. The smallest absolute Gasteiger partial charge is 0.181 e. The van der Waals surface area contributed by atoms with E-state index < -0.39 is 9.84 Å². The molecule has 0 aromatic heterocycles. The normalized spacial score (nSPS) is 19.6. The molecule has 0 fully saturated rings. The van der Waals surface area contributed by atoms with Crippen LogP contribution in [0.3, 0.4) is 0 Å². The maximum atomic E-state index is 12.2. The Labute approximate surface area is 127 Å². The molecular formula is C15H14BrNO2S. The molecule has 20 heavy (non-hydrogen) atoms. The van der Waals surface area contributed by atoms with Crippen molar-refractivity contribution < 1.29 is 8.42 Å². The van der Waals surface area contributed by atoms with Gasteiger partial charge in [0.15, 0.2) is 9.84 Å². The molecule has 2 aromatic rings.